The van der Waals surface area contributed by atoms with E-state index in [0.717, 1.165) is 5.56 Å². The van der Waals surface area contributed by atoms with Gasteiger partial charge in [-0.25, -0.2) is 5.43 Å². The minimum Gasteiger partial charge on any atom is -0.488 e. The summed E-state index contributed by atoms with van der Waals surface area (Å²) in [5.74, 6) is 0.757. The van der Waals surface area contributed by atoms with Crippen LogP contribution in [0.2, 0.25) is 0 Å². The third-order valence-electron chi connectivity index (χ3n) is 5.41. The van der Waals surface area contributed by atoms with Gasteiger partial charge in [0.25, 0.3) is 11.8 Å². The Labute approximate surface area is 203 Å². The molecule has 0 spiro atoms. The predicted octanol–water partition coefficient (Wildman–Crippen LogP) is 3.90. The Hall–Kier alpha value is -4.33. The lowest BCUT2D eigenvalue weighted by Gasteiger charge is -2.20. The first kappa shape index (κ1) is 23.8. The molecule has 1 unspecified atom stereocenters. The maximum absolute atomic E-state index is 12.8. The van der Waals surface area contributed by atoms with Crippen molar-refractivity contribution in [2.24, 2.45) is 11.0 Å². The predicted molar refractivity (Wildman–Crippen MR) is 132 cm³/mol. The SMILES string of the molecule is CC(C)C(NC(=O)c1ccc2c(c1)OCO2)C(=O)N/N=C/c1ccccc1OCc1ccccc1. The molecule has 1 atom stereocenters. The van der Waals surface area contributed by atoms with E-state index in [9.17, 15) is 9.59 Å². The average Bonchev–Trinajstić information content (AvgIpc) is 3.35. The standard InChI is InChI=1S/C27H27N3O5/c1-18(2)25(29-26(31)20-12-13-23-24(14-20)35-17-34-23)27(32)30-28-15-21-10-6-7-11-22(21)33-16-19-8-4-3-5-9-19/h3-15,18,25H,16-17H2,1-2H3,(H,29,31)(H,30,32)/b28-15+. The number of ether oxygens (including phenoxy) is 3. The Balaban J connectivity index is 1.37. The van der Waals surface area contributed by atoms with E-state index in [4.69, 9.17) is 14.2 Å². The number of carbonyl (C=O) groups is 2. The normalized spacial score (nSPS) is 13.0. The first-order valence-electron chi connectivity index (χ1n) is 11.3. The third-order valence-corrected chi connectivity index (χ3v) is 5.41. The molecule has 4 rings (SSSR count). The summed E-state index contributed by atoms with van der Waals surface area (Å²) in [6.45, 7) is 4.23. The third kappa shape index (κ3) is 6.17. The molecule has 2 amide bonds. The average molecular weight is 474 g/mol. The minimum absolute atomic E-state index is 0.121. The van der Waals surface area contributed by atoms with Crippen LogP contribution in [-0.4, -0.2) is 30.9 Å². The zero-order valence-corrected chi connectivity index (χ0v) is 19.6. The molecule has 35 heavy (non-hydrogen) atoms. The lowest BCUT2D eigenvalue weighted by Crippen LogP contribution is -2.48. The van der Waals surface area contributed by atoms with Gasteiger partial charge in [-0.2, -0.15) is 5.10 Å². The van der Waals surface area contributed by atoms with Gasteiger partial charge in [-0.05, 0) is 41.8 Å². The number of carbonyl (C=O) groups excluding carboxylic acids is 2. The Bertz CT molecular complexity index is 1210. The molecule has 3 aromatic rings. The van der Waals surface area contributed by atoms with Crippen molar-refractivity contribution in [1.82, 2.24) is 10.7 Å². The highest BCUT2D eigenvalue weighted by Gasteiger charge is 2.25. The Kier molecular flexibility index (Phi) is 7.62. The van der Waals surface area contributed by atoms with Crippen LogP contribution in [0.4, 0.5) is 0 Å². The number of nitrogens with zero attached hydrogens (tertiary/aromatic N) is 1. The van der Waals surface area contributed by atoms with Gasteiger partial charge in [0.05, 0.1) is 6.21 Å². The topological polar surface area (TPSA) is 98.2 Å². The molecular formula is C27H27N3O5. The zero-order chi connectivity index (χ0) is 24.6. The van der Waals surface area contributed by atoms with Crippen LogP contribution in [0.3, 0.4) is 0 Å². The fourth-order valence-corrected chi connectivity index (χ4v) is 3.49. The monoisotopic (exact) mass is 473 g/mol. The van der Waals surface area contributed by atoms with E-state index in [-0.39, 0.29) is 18.6 Å². The number of fused-ring (bicyclic) bond motifs is 1. The van der Waals surface area contributed by atoms with Crippen LogP contribution < -0.4 is 25.0 Å². The van der Waals surface area contributed by atoms with Crippen LogP contribution >= 0.6 is 0 Å². The van der Waals surface area contributed by atoms with Crippen LogP contribution in [0, 0.1) is 5.92 Å². The van der Waals surface area contributed by atoms with Gasteiger partial charge in [0, 0.05) is 11.1 Å². The summed E-state index contributed by atoms with van der Waals surface area (Å²) in [5, 5.41) is 6.87. The maximum Gasteiger partial charge on any atom is 0.262 e. The molecule has 1 heterocycles. The van der Waals surface area contributed by atoms with E-state index >= 15 is 0 Å². The summed E-state index contributed by atoms with van der Waals surface area (Å²) in [6.07, 6.45) is 1.52. The second kappa shape index (κ2) is 11.2. The van der Waals surface area contributed by atoms with Gasteiger partial charge in [-0.3, -0.25) is 9.59 Å². The van der Waals surface area contributed by atoms with Gasteiger partial charge in [-0.1, -0.05) is 56.3 Å². The Morgan fingerprint density at radius 3 is 2.54 bits per heavy atom. The number of amides is 2. The van der Waals surface area contributed by atoms with E-state index in [0.29, 0.717) is 35.0 Å². The Morgan fingerprint density at radius 2 is 1.74 bits per heavy atom. The van der Waals surface area contributed by atoms with Crippen LogP contribution in [0.1, 0.15) is 35.3 Å². The lowest BCUT2D eigenvalue weighted by molar-refractivity contribution is -0.123. The fourth-order valence-electron chi connectivity index (χ4n) is 3.49. The number of hydrazone groups is 1. The highest BCUT2D eigenvalue weighted by Crippen LogP contribution is 2.32. The van der Waals surface area contributed by atoms with Crippen molar-refractivity contribution in [3.05, 3.63) is 89.5 Å². The highest BCUT2D eigenvalue weighted by atomic mass is 16.7. The molecule has 0 saturated heterocycles. The van der Waals surface area contributed by atoms with Crippen LogP contribution in [0.25, 0.3) is 0 Å². The summed E-state index contributed by atoms with van der Waals surface area (Å²) in [6, 6.07) is 21.4. The molecule has 1 aliphatic heterocycles. The van der Waals surface area contributed by atoms with Gasteiger partial charge < -0.3 is 19.5 Å². The number of hydrogen-bond acceptors (Lipinski definition) is 6. The lowest BCUT2D eigenvalue weighted by atomic mass is 10.0. The summed E-state index contributed by atoms with van der Waals surface area (Å²) >= 11 is 0. The number of hydrogen-bond donors (Lipinski definition) is 2. The van der Waals surface area contributed by atoms with Crippen molar-refractivity contribution in [3.8, 4) is 17.2 Å². The summed E-state index contributed by atoms with van der Waals surface area (Å²) in [7, 11) is 0. The van der Waals surface area contributed by atoms with E-state index in [2.05, 4.69) is 15.8 Å². The quantitative estimate of drug-likeness (QED) is 0.363. The molecule has 8 nitrogen and oxygen atoms in total. The van der Waals surface area contributed by atoms with E-state index in [1.165, 1.54) is 6.21 Å². The zero-order valence-electron chi connectivity index (χ0n) is 19.6. The van der Waals surface area contributed by atoms with E-state index in [1.54, 1.807) is 18.2 Å². The van der Waals surface area contributed by atoms with Crippen molar-refractivity contribution >= 4 is 18.0 Å². The molecule has 8 heteroatoms. The number of para-hydroxylation sites is 1. The van der Waals surface area contributed by atoms with Gasteiger partial charge >= 0.3 is 0 Å². The van der Waals surface area contributed by atoms with Crippen molar-refractivity contribution in [2.45, 2.75) is 26.5 Å². The molecule has 0 aliphatic carbocycles. The first-order valence-corrected chi connectivity index (χ1v) is 11.3. The number of benzene rings is 3. The van der Waals surface area contributed by atoms with Crippen LogP contribution in [0.15, 0.2) is 77.9 Å². The molecule has 0 radical (unpaired) electrons. The molecule has 0 fully saturated rings. The second-order valence-corrected chi connectivity index (χ2v) is 8.31. The minimum atomic E-state index is -0.783. The summed E-state index contributed by atoms with van der Waals surface area (Å²) < 4.78 is 16.5. The van der Waals surface area contributed by atoms with Crippen molar-refractivity contribution in [2.75, 3.05) is 6.79 Å². The largest absolute Gasteiger partial charge is 0.488 e. The Morgan fingerprint density at radius 1 is 1.00 bits per heavy atom. The van der Waals surface area contributed by atoms with Crippen molar-refractivity contribution in [1.29, 1.82) is 0 Å². The molecule has 1 aliphatic rings. The van der Waals surface area contributed by atoms with Crippen LogP contribution in [-0.2, 0) is 11.4 Å². The molecule has 0 aromatic heterocycles. The van der Waals surface area contributed by atoms with Gasteiger partial charge in [0.15, 0.2) is 11.5 Å². The molecule has 0 bridgehead atoms. The van der Waals surface area contributed by atoms with Gasteiger partial charge in [0.2, 0.25) is 6.79 Å². The van der Waals surface area contributed by atoms with Crippen molar-refractivity contribution < 1.29 is 23.8 Å². The molecular weight excluding hydrogens is 446 g/mol. The molecule has 3 aromatic carbocycles. The van der Waals surface area contributed by atoms with Gasteiger partial charge in [-0.15, -0.1) is 0 Å². The van der Waals surface area contributed by atoms with E-state index < -0.39 is 11.9 Å². The maximum atomic E-state index is 12.8. The fraction of sp³-hybridized carbons (Fsp3) is 0.222. The second-order valence-electron chi connectivity index (χ2n) is 8.31. The molecule has 0 saturated carbocycles. The summed E-state index contributed by atoms with van der Waals surface area (Å²) in [4.78, 5) is 25.6. The van der Waals surface area contributed by atoms with Crippen LogP contribution in [0.5, 0.6) is 17.2 Å². The first-order chi connectivity index (χ1) is 17.0. The van der Waals surface area contributed by atoms with Crippen molar-refractivity contribution in [3.63, 3.8) is 0 Å². The van der Waals surface area contributed by atoms with Gasteiger partial charge in [0.1, 0.15) is 18.4 Å². The number of rotatable bonds is 9. The number of nitrogens with one attached hydrogen (secondary N) is 2. The summed E-state index contributed by atoms with van der Waals surface area (Å²) in [5.41, 5.74) is 4.67. The molecule has 2 N–H and O–H groups in total. The smallest absolute Gasteiger partial charge is 0.262 e. The molecule has 180 valence electrons. The highest BCUT2D eigenvalue weighted by molar-refractivity contribution is 5.98. The van der Waals surface area contributed by atoms with E-state index in [1.807, 2.05) is 68.4 Å².